The van der Waals surface area contributed by atoms with Crippen LogP contribution in [-0.4, -0.2) is 20.1 Å². The van der Waals surface area contributed by atoms with Crippen LogP contribution in [0.15, 0.2) is 35.1 Å². The monoisotopic (exact) mass is 414 g/mol. The number of aliphatic hydroxyl groups excluding tert-OH is 1. The first-order chi connectivity index (χ1) is 13.5. The average molecular weight is 415 g/mol. The molecule has 2 aromatic carbocycles. The van der Waals surface area contributed by atoms with Gasteiger partial charge >= 0.3 is 0 Å². The Balaban J connectivity index is 1.71. The number of hydrogen-bond acceptors (Lipinski definition) is 4. The molecule has 0 radical (unpaired) electrons. The number of H-pyrrole nitrogens is 2. The van der Waals surface area contributed by atoms with Gasteiger partial charge in [-0.3, -0.25) is 4.79 Å². The Morgan fingerprint density at radius 3 is 2.71 bits per heavy atom. The summed E-state index contributed by atoms with van der Waals surface area (Å²) >= 11 is 12.4. The summed E-state index contributed by atoms with van der Waals surface area (Å²) in [5.41, 5.74) is 3.20. The zero-order valence-electron chi connectivity index (χ0n) is 14.6. The molecule has 1 unspecified atom stereocenters. The van der Waals surface area contributed by atoms with Gasteiger partial charge in [-0.15, -0.1) is 0 Å². The summed E-state index contributed by atoms with van der Waals surface area (Å²) in [4.78, 5) is 23.4. The van der Waals surface area contributed by atoms with E-state index in [0.29, 0.717) is 44.5 Å². The van der Waals surface area contributed by atoms with Crippen LogP contribution in [0.3, 0.4) is 0 Å². The predicted molar refractivity (Wildman–Crippen MR) is 112 cm³/mol. The maximum absolute atomic E-state index is 12.8. The molecule has 1 aliphatic rings. The number of anilines is 2. The van der Waals surface area contributed by atoms with Crippen molar-refractivity contribution in [1.82, 2.24) is 15.0 Å². The van der Waals surface area contributed by atoms with Crippen molar-refractivity contribution in [3.05, 3.63) is 62.0 Å². The predicted octanol–water partition coefficient (Wildman–Crippen LogP) is 4.82. The van der Waals surface area contributed by atoms with Crippen LogP contribution in [0.2, 0.25) is 10.0 Å². The van der Waals surface area contributed by atoms with Crippen LogP contribution in [0, 0.1) is 0 Å². The number of aliphatic hydroxyl groups is 1. The van der Waals surface area contributed by atoms with E-state index in [-0.39, 0.29) is 5.56 Å². The number of imidazole rings is 1. The molecule has 6 nitrogen and oxygen atoms in total. The Labute approximate surface area is 169 Å². The molecule has 0 aliphatic heterocycles. The second-order valence-electron chi connectivity index (χ2n) is 6.94. The molecule has 0 spiro atoms. The number of aryl methyl sites for hydroxylation is 1. The molecular formula is C20H16Cl2N4O2. The van der Waals surface area contributed by atoms with E-state index in [1.54, 1.807) is 18.2 Å². The van der Waals surface area contributed by atoms with Crippen LogP contribution in [0.1, 0.15) is 30.2 Å². The van der Waals surface area contributed by atoms with Crippen molar-refractivity contribution < 1.29 is 5.11 Å². The number of aromatic amines is 2. The lowest BCUT2D eigenvalue weighted by molar-refractivity contribution is 0.157. The highest BCUT2D eigenvalue weighted by Crippen LogP contribution is 2.36. The number of rotatable bonds is 2. The number of benzene rings is 2. The van der Waals surface area contributed by atoms with E-state index in [0.717, 1.165) is 29.5 Å². The van der Waals surface area contributed by atoms with Crippen molar-refractivity contribution >= 4 is 56.6 Å². The first-order valence-corrected chi connectivity index (χ1v) is 9.75. The molecule has 0 bridgehead atoms. The summed E-state index contributed by atoms with van der Waals surface area (Å²) in [6.45, 7) is 0. The lowest BCUT2D eigenvalue weighted by Crippen LogP contribution is -2.19. The van der Waals surface area contributed by atoms with Gasteiger partial charge in [0.1, 0.15) is 0 Å². The fraction of sp³-hybridized carbons (Fsp3) is 0.200. The van der Waals surface area contributed by atoms with Gasteiger partial charge < -0.3 is 20.4 Å². The lowest BCUT2D eigenvalue weighted by Gasteiger charge is -2.22. The lowest BCUT2D eigenvalue weighted by atomic mass is 9.89. The summed E-state index contributed by atoms with van der Waals surface area (Å²) in [7, 11) is 0. The normalized spacial score (nSPS) is 16.5. The van der Waals surface area contributed by atoms with Crippen LogP contribution in [-0.2, 0) is 6.42 Å². The van der Waals surface area contributed by atoms with Gasteiger partial charge in [0.05, 0.1) is 38.3 Å². The van der Waals surface area contributed by atoms with E-state index in [1.165, 1.54) is 0 Å². The van der Waals surface area contributed by atoms with Crippen molar-refractivity contribution in [1.29, 1.82) is 0 Å². The Bertz CT molecular complexity index is 1270. The van der Waals surface area contributed by atoms with E-state index in [2.05, 4.69) is 20.3 Å². The first-order valence-electron chi connectivity index (χ1n) is 8.99. The molecule has 8 heteroatoms. The third-order valence-electron chi connectivity index (χ3n) is 5.21. The highest BCUT2D eigenvalue weighted by Gasteiger charge is 2.24. The third kappa shape index (κ3) is 2.68. The third-order valence-corrected chi connectivity index (χ3v) is 5.84. The van der Waals surface area contributed by atoms with Crippen LogP contribution < -0.4 is 10.9 Å². The van der Waals surface area contributed by atoms with Crippen LogP contribution in [0.5, 0.6) is 0 Å². The van der Waals surface area contributed by atoms with E-state index in [9.17, 15) is 9.90 Å². The maximum atomic E-state index is 12.8. The molecule has 0 amide bonds. The molecule has 1 aliphatic carbocycles. The molecule has 4 aromatic rings. The van der Waals surface area contributed by atoms with E-state index < -0.39 is 6.10 Å². The molecule has 1 atom stereocenters. The van der Waals surface area contributed by atoms with Gasteiger partial charge in [0, 0.05) is 11.3 Å². The summed E-state index contributed by atoms with van der Waals surface area (Å²) in [6, 6.07) is 8.91. The van der Waals surface area contributed by atoms with Gasteiger partial charge in [-0.05, 0) is 42.8 Å². The Hall–Kier alpha value is -2.54. The van der Waals surface area contributed by atoms with Gasteiger partial charge in [-0.25, -0.2) is 4.98 Å². The Kier molecular flexibility index (Phi) is 4.08. The SMILES string of the molecule is O=c1[nH]c2c(c3ccc4nc(Nc5c(Cl)cccc5Cl)[nH]c4c13)C(O)CCC2. The summed E-state index contributed by atoms with van der Waals surface area (Å²) < 4.78 is 0. The highest BCUT2D eigenvalue weighted by atomic mass is 35.5. The van der Waals surface area contributed by atoms with Gasteiger partial charge in [-0.1, -0.05) is 35.3 Å². The zero-order valence-corrected chi connectivity index (χ0v) is 16.2. The number of halogens is 2. The van der Waals surface area contributed by atoms with Crippen LogP contribution >= 0.6 is 23.2 Å². The second kappa shape index (κ2) is 6.51. The number of nitrogens with one attached hydrogen (secondary N) is 3. The standard InChI is InChI=1S/C20H16Cl2N4O2/c21-10-3-1-4-11(22)17(10)25-20-24-13-8-7-9-15-12(5-2-6-14(15)27)23-19(28)16(9)18(13)26-20/h1,3-4,7-8,14,27H,2,5-6H2,(H,23,28)(H2,24,25,26). The van der Waals surface area contributed by atoms with Crippen LogP contribution in [0.4, 0.5) is 11.6 Å². The second-order valence-corrected chi connectivity index (χ2v) is 7.76. The van der Waals surface area contributed by atoms with Crippen molar-refractivity contribution in [3.8, 4) is 0 Å². The largest absolute Gasteiger partial charge is 0.388 e. The first kappa shape index (κ1) is 17.6. The molecule has 142 valence electrons. The summed E-state index contributed by atoms with van der Waals surface area (Å²) in [5, 5.41) is 15.8. The molecule has 0 saturated carbocycles. The minimum Gasteiger partial charge on any atom is -0.388 e. The number of nitrogens with zero attached hydrogens (tertiary/aromatic N) is 1. The quantitative estimate of drug-likeness (QED) is 0.378. The van der Waals surface area contributed by atoms with Gasteiger partial charge in [0.25, 0.3) is 5.56 Å². The van der Waals surface area contributed by atoms with Crippen molar-refractivity contribution in [2.24, 2.45) is 0 Å². The van der Waals surface area contributed by atoms with Gasteiger partial charge in [0.15, 0.2) is 0 Å². The smallest absolute Gasteiger partial charge is 0.258 e. The number of para-hydroxylation sites is 1. The minimum atomic E-state index is -0.581. The molecule has 2 aromatic heterocycles. The maximum Gasteiger partial charge on any atom is 0.258 e. The molecule has 4 N–H and O–H groups in total. The molecular weight excluding hydrogens is 399 g/mol. The molecule has 5 rings (SSSR count). The topological polar surface area (TPSA) is 93.8 Å². The fourth-order valence-corrected chi connectivity index (χ4v) is 4.45. The minimum absolute atomic E-state index is 0.195. The number of aromatic nitrogens is 3. The Morgan fingerprint density at radius 2 is 1.93 bits per heavy atom. The fourth-order valence-electron chi connectivity index (χ4n) is 3.96. The molecule has 28 heavy (non-hydrogen) atoms. The van der Waals surface area contributed by atoms with E-state index in [1.807, 2.05) is 12.1 Å². The highest BCUT2D eigenvalue weighted by molar-refractivity contribution is 6.39. The summed E-state index contributed by atoms with van der Waals surface area (Å²) in [6.07, 6.45) is 1.72. The Morgan fingerprint density at radius 1 is 1.14 bits per heavy atom. The molecule has 2 heterocycles. The summed E-state index contributed by atoms with van der Waals surface area (Å²) in [5.74, 6) is 0.426. The molecule has 0 saturated heterocycles. The van der Waals surface area contributed by atoms with Crippen molar-refractivity contribution in [3.63, 3.8) is 0 Å². The zero-order chi connectivity index (χ0) is 19.4. The number of hydrogen-bond donors (Lipinski definition) is 4. The van der Waals surface area contributed by atoms with Gasteiger partial charge in [-0.2, -0.15) is 0 Å². The van der Waals surface area contributed by atoms with E-state index in [4.69, 9.17) is 23.2 Å². The average Bonchev–Trinajstić information content (AvgIpc) is 3.07. The number of fused-ring (bicyclic) bond motifs is 5. The van der Waals surface area contributed by atoms with Crippen LogP contribution in [0.25, 0.3) is 21.8 Å². The van der Waals surface area contributed by atoms with Crippen molar-refractivity contribution in [2.75, 3.05) is 5.32 Å². The number of pyridine rings is 1. The van der Waals surface area contributed by atoms with Gasteiger partial charge in [0.2, 0.25) is 5.95 Å². The van der Waals surface area contributed by atoms with Crippen molar-refractivity contribution in [2.45, 2.75) is 25.4 Å². The molecule has 0 fully saturated rings. The van der Waals surface area contributed by atoms with E-state index >= 15 is 0 Å².